The number of hydrogen-bond donors (Lipinski definition) is 1. The van der Waals surface area contributed by atoms with Crippen LogP contribution in [0.15, 0.2) is 23.1 Å². The number of aryl methyl sites for hydroxylation is 2. The van der Waals surface area contributed by atoms with Crippen LogP contribution >= 0.6 is 11.8 Å². The highest BCUT2D eigenvalue weighted by Gasteiger charge is 2.07. The van der Waals surface area contributed by atoms with Crippen LogP contribution in [0.25, 0.3) is 0 Å². The summed E-state index contributed by atoms with van der Waals surface area (Å²) in [6, 6.07) is 6.60. The Hall–Kier alpha value is -0.470. The maximum atomic E-state index is 5.69. The third kappa shape index (κ3) is 3.03. The third-order valence-electron chi connectivity index (χ3n) is 2.34. The number of thioether (sulfide) groups is 1. The van der Waals surface area contributed by atoms with Gasteiger partial charge in [-0.1, -0.05) is 24.6 Å². The summed E-state index contributed by atoms with van der Waals surface area (Å²) in [5, 5.41) is 0.552. The summed E-state index contributed by atoms with van der Waals surface area (Å²) in [6.45, 7) is 7.24. The van der Waals surface area contributed by atoms with Gasteiger partial charge in [0.2, 0.25) is 0 Å². The lowest BCUT2D eigenvalue weighted by molar-refractivity contribution is 0.826. The molecular formula is C12H19NS. The molecule has 0 saturated carbocycles. The Balaban J connectivity index is 2.76. The maximum Gasteiger partial charge on any atom is 0.0215 e. The van der Waals surface area contributed by atoms with E-state index in [1.54, 1.807) is 0 Å². The van der Waals surface area contributed by atoms with Gasteiger partial charge in [-0.15, -0.1) is 11.8 Å². The topological polar surface area (TPSA) is 26.0 Å². The van der Waals surface area contributed by atoms with Crippen molar-refractivity contribution in [3.63, 3.8) is 0 Å². The molecule has 0 aliphatic carbocycles. The van der Waals surface area contributed by atoms with Crippen LogP contribution in [0.3, 0.4) is 0 Å². The Kier molecular flexibility index (Phi) is 4.49. The van der Waals surface area contributed by atoms with Gasteiger partial charge < -0.3 is 5.73 Å². The summed E-state index contributed by atoms with van der Waals surface area (Å²) in [7, 11) is 0. The lowest BCUT2D eigenvalue weighted by atomic mass is 10.2. The zero-order valence-corrected chi connectivity index (χ0v) is 10.0. The number of benzene rings is 1. The van der Waals surface area contributed by atoms with Crippen LogP contribution in [0, 0.1) is 13.8 Å². The van der Waals surface area contributed by atoms with E-state index in [9.17, 15) is 0 Å². The maximum absolute atomic E-state index is 5.69. The minimum absolute atomic E-state index is 0.552. The first-order valence-electron chi connectivity index (χ1n) is 5.11. The second kappa shape index (κ2) is 5.42. The lowest BCUT2D eigenvalue weighted by Crippen LogP contribution is -2.15. The van der Waals surface area contributed by atoms with E-state index in [0.29, 0.717) is 5.25 Å². The zero-order valence-electron chi connectivity index (χ0n) is 9.21. The van der Waals surface area contributed by atoms with Gasteiger partial charge in [0.1, 0.15) is 0 Å². The van der Waals surface area contributed by atoms with E-state index in [-0.39, 0.29) is 0 Å². The molecule has 0 radical (unpaired) electrons. The van der Waals surface area contributed by atoms with Gasteiger partial charge in [-0.05, 0) is 31.9 Å². The summed E-state index contributed by atoms with van der Waals surface area (Å²) < 4.78 is 0. The average molecular weight is 209 g/mol. The Morgan fingerprint density at radius 3 is 2.57 bits per heavy atom. The van der Waals surface area contributed by atoms with Crippen molar-refractivity contribution < 1.29 is 0 Å². The highest BCUT2D eigenvalue weighted by molar-refractivity contribution is 8.00. The molecule has 1 atom stereocenters. The van der Waals surface area contributed by atoms with Gasteiger partial charge in [-0.2, -0.15) is 0 Å². The van der Waals surface area contributed by atoms with Crippen LogP contribution in [0.2, 0.25) is 0 Å². The molecular weight excluding hydrogens is 190 g/mol. The fourth-order valence-electron chi connectivity index (χ4n) is 1.41. The molecule has 14 heavy (non-hydrogen) atoms. The zero-order chi connectivity index (χ0) is 10.6. The Bertz CT molecular complexity index is 292. The van der Waals surface area contributed by atoms with Crippen molar-refractivity contribution in [2.45, 2.75) is 37.3 Å². The Morgan fingerprint density at radius 1 is 1.36 bits per heavy atom. The molecule has 1 aromatic carbocycles. The van der Waals surface area contributed by atoms with Gasteiger partial charge in [0.25, 0.3) is 0 Å². The lowest BCUT2D eigenvalue weighted by Gasteiger charge is -2.13. The van der Waals surface area contributed by atoms with Crippen molar-refractivity contribution in [1.82, 2.24) is 0 Å². The molecule has 1 aromatic rings. The number of hydrogen-bond acceptors (Lipinski definition) is 2. The Morgan fingerprint density at radius 2 is 2.07 bits per heavy atom. The molecule has 0 saturated heterocycles. The van der Waals surface area contributed by atoms with Crippen molar-refractivity contribution in [1.29, 1.82) is 0 Å². The van der Waals surface area contributed by atoms with Crippen LogP contribution < -0.4 is 5.73 Å². The van der Waals surface area contributed by atoms with Gasteiger partial charge in [0, 0.05) is 16.7 Å². The fourth-order valence-corrected chi connectivity index (χ4v) is 2.42. The van der Waals surface area contributed by atoms with Gasteiger partial charge in [0.05, 0.1) is 0 Å². The van der Waals surface area contributed by atoms with Crippen molar-refractivity contribution in [3.05, 3.63) is 29.3 Å². The van der Waals surface area contributed by atoms with Crippen LogP contribution in [0.1, 0.15) is 24.5 Å². The smallest absolute Gasteiger partial charge is 0.0215 e. The van der Waals surface area contributed by atoms with E-state index in [1.165, 1.54) is 16.0 Å². The molecule has 0 bridgehead atoms. The quantitative estimate of drug-likeness (QED) is 0.771. The minimum atomic E-state index is 0.552. The first-order valence-corrected chi connectivity index (χ1v) is 5.99. The molecule has 0 amide bonds. The molecule has 0 fully saturated rings. The second-order valence-corrected chi connectivity index (χ2v) is 4.99. The molecule has 2 N–H and O–H groups in total. The van der Waals surface area contributed by atoms with Gasteiger partial charge in [0.15, 0.2) is 0 Å². The molecule has 0 aliphatic rings. The standard InChI is InChI=1S/C12H19NS/c1-4-11(8-13)14-12-6-5-9(2)7-10(12)3/h5-7,11H,4,8,13H2,1-3H3. The van der Waals surface area contributed by atoms with E-state index in [0.717, 1.165) is 13.0 Å². The van der Waals surface area contributed by atoms with E-state index in [4.69, 9.17) is 5.73 Å². The minimum Gasteiger partial charge on any atom is -0.329 e. The highest BCUT2D eigenvalue weighted by atomic mass is 32.2. The molecule has 0 heterocycles. The monoisotopic (exact) mass is 209 g/mol. The van der Waals surface area contributed by atoms with Gasteiger partial charge >= 0.3 is 0 Å². The molecule has 0 spiro atoms. The SMILES string of the molecule is CCC(CN)Sc1ccc(C)cc1C. The molecule has 0 aromatic heterocycles. The summed E-state index contributed by atoms with van der Waals surface area (Å²) in [6.07, 6.45) is 1.13. The summed E-state index contributed by atoms with van der Waals surface area (Å²) >= 11 is 1.90. The van der Waals surface area contributed by atoms with Gasteiger partial charge in [-0.25, -0.2) is 0 Å². The van der Waals surface area contributed by atoms with Crippen molar-refractivity contribution in [3.8, 4) is 0 Å². The second-order valence-electron chi connectivity index (χ2n) is 3.65. The first-order chi connectivity index (χ1) is 6.67. The molecule has 1 rings (SSSR count). The molecule has 1 unspecified atom stereocenters. The normalized spacial score (nSPS) is 12.9. The summed E-state index contributed by atoms with van der Waals surface area (Å²) in [4.78, 5) is 1.37. The predicted octanol–water partition coefficient (Wildman–Crippen LogP) is 3.13. The molecule has 78 valence electrons. The van der Waals surface area contributed by atoms with Crippen LogP contribution in [0.5, 0.6) is 0 Å². The fraction of sp³-hybridized carbons (Fsp3) is 0.500. The highest BCUT2D eigenvalue weighted by Crippen LogP contribution is 2.28. The summed E-state index contributed by atoms with van der Waals surface area (Å²) in [5.74, 6) is 0. The van der Waals surface area contributed by atoms with Crippen LogP contribution in [-0.2, 0) is 0 Å². The van der Waals surface area contributed by atoms with E-state index in [2.05, 4.69) is 39.0 Å². The Labute approximate surface area is 91.1 Å². The van der Waals surface area contributed by atoms with E-state index >= 15 is 0 Å². The first kappa shape index (κ1) is 11.6. The average Bonchev–Trinajstić information content (AvgIpc) is 2.17. The third-order valence-corrected chi connectivity index (χ3v) is 3.91. The predicted molar refractivity (Wildman–Crippen MR) is 64.9 cm³/mol. The summed E-state index contributed by atoms with van der Waals surface area (Å²) in [5.41, 5.74) is 8.38. The van der Waals surface area contributed by atoms with Crippen LogP contribution in [0.4, 0.5) is 0 Å². The number of nitrogens with two attached hydrogens (primary N) is 1. The number of rotatable bonds is 4. The van der Waals surface area contributed by atoms with E-state index < -0.39 is 0 Å². The van der Waals surface area contributed by atoms with Crippen molar-refractivity contribution >= 4 is 11.8 Å². The molecule has 2 heteroatoms. The largest absolute Gasteiger partial charge is 0.329 e. The molecule has 0 aliphatic heterocycles. The van der Waals surface area contributed by atoms with Crippen molar-refractivity contribution in [2.75, 3.05) is 6.54 Å². The van der Waals surface area contributed by atoms with Crippen LogP contribution in [-0.4, -0.2) is 11.8 Å². The molecule has 1 nitrogen and oxygen atoms in total. The van der Waals surface area contributed by atoms with Crippen molar-refractivity contribution in [2.24, 2.45) is 5.73 Å². The van der Waals surface area contributed by atoms with Gasteiger partial charge in [-0.3, -0.25) is 0 Å². The van der Waals surface area contributed by atoms with E-state index in [1.807, 2.05) is 11.8 Å².